The monoisotopic (exact) mass is 408 g/mol. The molecule has 0 heterocycles. The SMILES string of the molecule is Cc1ccccc1NC(=O)Nc1ccc(C(C)C(C)NC(=O)C2CCC(N)C2)cc1. The van der Waals surface area contributed by atoms with Crippen molar-refractivity contribution in [2.75, 3.05) is 10.6 Å². The van der Waals surface area contributed by atoms with Crippen LogP contribution in [0.1, 0.15) is 50.2 Å². The van der Waals surface area contributed by atoms with Crippen molar-refractivity contribution < 1.29 is 9.59 Å². The van der Waals surface area contributed by atoms with Gasteiger partial charge in [0.2, 0.25) is 5.91 Å². The van der Waals surface area contributed by atoms with E-state index < -0.39 is 0 Å². The lowest BCUT2D eigenvalue weighted by Gasteiger charge is -2.23. The molecule has 1 aliphatic carbocycles. The first kappa shape index (κ1) is 21.8. The zero-order valence-electron chi connectivity index (χ0n) is 17.9. The highest BCUT2D eigenvalue weighted by Crippen LogP contribution is 2.26. The van der Waals surface area contributed by atoms with E-state index in [4.69, 9.17) is 5.73 Å². The van der Waals surface area contributed by atoms with Gasteiger partial charge in [-0.25, -0.2) is 4.79 Å². The first-order valence-electron chi connectivity index (χ1n) is 10.6. The number of aryl methyl sites for hydroxylation is 1. The Morgan fingerprint density at radius 2 is 1.70 bits per heavy atom. The average molecular weight is 409 g/mol. The van der Waals surface area contributed by atoms with Crippen LogP contribution in [0.3, 0.4) is 0 Å². The van der Waals surface area contributed by atoms with E-state index in [1.807, 2.05) is 62.4 Å². The van der Waals surface area contributed by atoms with Crippen LogP contribution in [0.4, 0.5) is 16.2 Å². The molecule has 4 atom stereocenters. The van der Waals surface area contributed by atoms with Crippen LogP contribution in [0.5, 0.6) is 0 Å². The number of para-hydroxylation sites is 1. The molecule has 5 N–H and O–H groups in total. The van der Waals surface area contributed by atoms with E-state index in [-0.39, 0.29) is 35.9 Å². The van der Waals surface area contributed by atoms with Gasteiger partial charge in [-0.15, -0.1) is 0 Å². The number of hydrogen-bond donors (Lipinski definition) is 4. The maximum Gasteiger partial charge on any atom is 0.323 e. The van der Waals surface area contributed by atoms with Gasteiger partial charge < -0.3 is 21.7 Å². The van der Waals surface area contributed by atoms with Gasteiger partial charge in [-0.05, 0) is 62.4 Å². The molecule has 4 unspecified atom stereocenters. The summed E-state index contributed by atoms with van der Waals surface area (Å²) in [5.74, 6) is 0.292. The van der Waals surface area contributed by atoms with Crippen molar-refractivity contribution in [2.45, 2.75) is 58.0 Å². The predicted octanol–water partition coefficient (Wildman–Crippen LogP) is 4.37. The highest BCUT2D eigenvalue weighted by Gasteiger charge is 2.29. The fourth-order valence-electron chi connectivity index (χ4n) is 3.88. The molecular formula is C24H32N4O2. The van der Waals surface area contributed by atoms with Gasteiger partial charge in [0.15, 0.2) is 0 Å². The number of nitrogens with two attached hydrogens (primary N) is 1. The molecular weight excluding hydrogens is 376 g/mol. The van der Waals surface area contributed by atoms with Gasteiger partial charge in [-0.1, -0.05) is 37.3 Å². The Morgan fingerprint density at radius 1 is 1.00 bits per heavy atom. The highest BCUT2D eigenvalue weighted by atomic mass is 16.2. The van der Waals surface area contributed by atoms with Crippen LogP contribution in [0, 0.1) is 12.8 Å². The van der Waals surface area contributed by atoms with E-state index in [0.29, 0.717) is 5.69 Å². The van der Waals surface area contributed by atoms with Crippen LogP contribution in [0.15, 0.2) is 48.5 Å². The maximum absolute atomic E-state index is 12.5. The Kier molecular flexibility index (Phi) is 7.11. The summed E-state index contributed by atoms with van der Waals surface area (Å²) < 4.78 is 0. The van der Waals surface area contributed by atoms with Gasteiger partial charge in [0.25, 0.3) is 0 Å². The number of amides is 3. The van der Waals surface area contributed by atoms with E-state index in [1.54, 1.807) is 0 Å². The van der Waals surface area contributed by atoms with Crippen LogP contribution in [-0.4, -0.2) is 24.0 Å². The smallest absolute Gasteiger partial charge is 0.323 e. The number of urea groups is 1. The van der Waals surface area contributed by atoms with Crippen LogP contribution >= 0.6 is 0 Å². The molecule has 160 valence electrons. The first-order chi connectivity index (χ1) is 14.3. The van der Waals surface area contributed by atoms with Crippen molar-refractivity contribution in [3.63, 3.8) is 0 Å². The third-order valence-electron chi connectivity index (χ3n) is 6.05. The van der Waals surface area contributed by atoms with E-state index in [1.165, 1.54) is 0 Å². The lowest BCUT2D eigenvalue weighted by molar-refractivity contribution is -0.125. The summed E-state index contributed by atoms with van der Waals surface area (Å²) in [4.78, 5) is 24.7. The second kappa shape index (κ2) is 9.76. The molecule has 2 aromatic carbocycles. The van der Waals surface area contributed by atoms with Crippen molar-refractivity contribution >= 4 is 23.3 Å². The van der Waals surface area contributed by atoms with E-state index in [0.717, 1.165) is 36.1 Å². The third kappa shape index (κ3) is 5.60. The molecule has 0 bridgehead atoms. The largest absolute Gasteiger partial charge is 0.353 e. The molecule has 2 aromatic rings. The van der Waals surface area contributed by atoms with Gasteiger partial charge in [-0.2, -0.15) is 0 Å². The van der Waals surface area contributed by atoms with Crippen molar-refractivity contribution in [3.8, 4) is 0 Å². The Bertz CT molecular complexity index is 881. The summed E-state index contributed by atoms with van der Waals surface area (Å²) in [5, 5.41) is 8.86. The van der Waals surface area contributed by atoms with E-state index >= 15 is 0 Å². The second-order valence-electron chi connectivity index (χ2n) is 8.37. The van der Waals surface area contributed by atoms with Gasteiger partial charge in [-0.3, -0.25) is 4.79 Å². The summed E-state index contributed by atoms with van der Waals surface area (Å²) in [6, 6.07) is 15.3. The average Bonchev–Trinajstić information content (AvgIpc) is 3.16. The molecule has 6 nitrogen and oxygen atoms in total. The van der Waals surface area contributed by atoms with Gasteiger partial charge in [0.05, 0.1) is 0 Å². The molecule has 6 heteroatoms. The topological polar surface area (TPSA) is 96.2 Å². The summed E-state index contributed by atoms with van der Waals surface area (Å²) in [7, 11) is 0. The quantitative estimate of drug-likeness (QED) is 0.571. The first-order valence-corrected chi connectivity index (χ1v) is 10.6. The fourth-order valence-corrected chi connectivity index (χ4v) is 3.88. The Labute approximate surface area is 178 Å². The summed E-state index contributed by atoms with van der Waals surface area (Å²) in [6.07, 6.45) is 2.57. The minimum atomic E-state index is -0.277. The molecule has 3 rings (SSSR count). The van der Waals surface area contributed by atoms with Crippen LogP contribution in [0.2, 0.25) is 0 Å². The molecule has 0 saturated heterocycles. The second-order valence-corrected chi connectivity index (χ2v) is 8.37. The van der Waals surface area contributed by atoms with Gasteiger partial charge in [0.1, 0.15) is 0 Å². The number of carbonyl (C=O) groups is 2. The third-order valence-corrected chi connectivity index (χ3v) is 6.05. The fraction of sp³-hybridized carbons (Fsp3) is 0.417. The van der Waals surface area contributed by atoms with Crippen LogP contribution < -0.4 is 21.7 Å². The van der Waals surface area contributed by atoms with Crippen molar-refractivity contribution in [1.82, 2.24) is 5.32 Å². The number of anilines is 2. The summed E-state index contributed by atoms with van der Waals surface area (Å²) in [6.45, 7) is 6.07. The molecule has 1 fully saturated rings. The van der Waals surface area contributed by atoms with Crippen LogP contribution in [0.25, 0.3) is 0 Å². The molecule has 30 heavy (non-hydrogen) atoms. The van der Waals surface area contributed by atoms with Gasteiger partial charge in [0, 0.05) is 35.3 Å². The lowest BCUT2D eigenvalue weighted by Crippen LogP contribution is -2.39. The van der Waals surface area contributed by atoms with E-state index in [9.17, 15) is 9.59 Å². The predicted molar refractivity (Wildman–Crippen MR) is 122 cm³/mol. The minimum Gasteiger partial charge on any atom is -0.353 e. The Balaban J connectivity index is 1.53. The zero-order chi connectivity index (χ0) is 21.7. The minimum absolute atomic E-state index is 0.0116. The summed E-state index contributed by atoms with van der Waals surface area (Å²) in [5.41, 5.74) is 9.54. The highest BCUT2D eigenvalue weighted by molar-refractivity contribution is 6.00. The summed E-state index contributed by atoms with van der Waals surface area (Å²) >= 11 is 0. The maximum atomic E-state index is 12.5. The molecule has 1 saturated carbocycles. The number of hydrogen-bond acceptors (Lipinski definition) is 3. The molecule has 0 spiro atoms. The molecule has 0 radical (unpaired) electrons. The number of carbonyl (C=O) groups excluding carboxylic acids is 2. The Hall–Kier alpha value is -2.86. The molecule has 1 aliphatic rings. The van der Waals surface area contributed by atoms with Crippen LogP contribution in [-0.2, 0) is 4.79 Å². The Morgan fingerprint density at radius 3 is 2.33 bits per heavy atom. The van der Waals surface area contributed by atoms with E-state index in [2.05, 4.69) is 22.9 Å². The molecule has 0 aromatic heterocycles. The van der Waals surface area contributed by atoms with Crippen molar-refractivity contribution in [3.05, 3.63) is 59.7 Å². The van der Waals surface area contributed by atoms with Crippen molar-refractivity contribution in [1.29, 1.82) is 0 Å². The number of nitrogens with one attached hydrogen (secondary N) is 3. The number of rotatable bonds is 6. The zero-order valence-corrected chi connectivity index (χ0v) is 17.9. The molecule has 3 amide bonds. The van der Waals surface area contributed by atoms with Crippen molar-refractivity contribution in [2.24, 2.45) is 11.7 Å². The standard InChI is InChI=1S/C24H32N4O2/c1-15-6-4-5-7-22(15)28-24(30)27-21-12-9-18(10-13-21)16(2)17(3)26-23(29)19-8-11-20(25)14-19/h4-7,9-10,12-13,16-17,19-20H,8,11,14,25H2,1-3H3,(H,26,29)(H2,27,28,30). The number of benzene rings is 2. The lowest BCUT2D eigenvalue weighted by atomic mass is 9.93. The van der Waals surface area contributed by atoms with Gasteiger partial charge >= 0.3 is 6.03 Å². The normalized spacial score (nSPS) is 20.3. The molecule has 0 aliphatic heterocycles.